The molecule has 1 fully saturated rings. The van der Waals surface area contributed by atoms with Gasteiger partial charge in [-0.1, -0.05) is 39.5 Å². The lowest BCUT2D eigenvalue weighted by molar-refractivity contribution is 0.0713. The number of amides is 1. The van der Waals surface area contributed by atoms with Crippen LogP contribution in [-0.4, -0.2) is 30.5 Å². The number of hydrogen-bond acceptors (Lipinski definition) is 5. The van der Waals surface area contributed by atoms with Crippen molar-refractivity contribution in [1.82, 2.24) is 10.5 Å². The summed E-state index contributed by atoms with van der Waals surface area (Å²) < 4.78 is 11.1. The van der Waals surface area contributed by atoms with Gasteiger partial charge in [-0.2, -0.15) is 0 Å². The lowest BCUT2D eigenvalue weighted by Gasteiger charge is -2.37. The Hall–Kier alpha value is -1.17. The van der Waals surface area contributed by atoms with Gasteiger partial charge in [0, 0.05) is 12.5 Å². The third-order valence-corrected chi connectivity index (χ3v) is 5.56. The Balaban J connectivity index is 1.98. The predicted molar refractivity (Wildman–Crippen MR) is 92.2 cm³/mol. The van der Waals surface area contributed by atoms with Crippen molar-refractivity contribution in [2.45, 2.75) is 63.7 Å². The molecule has 0 atom stereocenters. The van der Waals surface area contributed by atoms with Gasteiger partial charge in [-0.15, -0.1) is 11.8 Å². The average molecular weight is 340 g/mol. The molecule has 2 rings (SSSR count). The number of ether oxygens (including phenoxy) is 1. The van der Waals surface area contributed by atoms with Crippen LogP contribution in [-0.2, 0) is 0 Å². The van der Waals surface area contributed by atoms with Crippen molar-refractivity contribution in [2.24, 2.45) is 5.41 Å². The van der Waals surface area contributed by atoms with E-state index in [1.165, 1.54) is 38.5 Å². The smallest absolute Gasteiger partial charge is 0.290 e. The monoisotopic (exact) mass is 340 g/mol. The highest BCUT2D eigenvalue weighted by Crippen LogP contribution is 2.41. The second kappa shape index (κ2) is 8.62. The molecule has 1 heterocycles. The van der Waals surface area contributed by atoms with E-state index in [9.17, 15) is 4.79 Å². The molecule has 0 aromatic carbocycles. The van der Waals surface area contributed by atoms with E-state index < -0.39 is 0 Å². The quantitative estimate of drug-likeness (QED) is 0.509. The summed E-state index contributed by atoms with van der Waals surface area (Å²) in [5.41, 5.74) is 0.245. The van der Waals surface area contributed by atoms with E-state index in [2.05, 4.69) is 24.3 Å². The van der Waals surface area contributed by atoms with Crippen LogP contribution in [0.4, 0.5) is 0 Å². The molecule has 1 N–H and O–H groups in total. The maximum atomic E-state index is 11.9. The SMILES string of the molecule is CCCCCCSc1c(OCC2(C)CCC2)noc1C(=O)NC. The molecule has 1 saturated carbocycles. The van der Waals surface area contributed by atoms with Gasteiger partial charge in [-0.05, 0) is 30.2 Å². The number of nitrogens with zero attached hydrogens (tertiary/aromatic N) is 1. The number of unbranched alkanes of at least 4 members (excludes halogenated alkanes) is 3. The minimum Gasteiger partial charge on any atom is -0.474 e. The zero-order chi connectivity index (χ0) is 16.7. The number of nitrogens with one attached hydrogen (secondary N) is 1. The largest absolute Gasteiger partial charge is 0.474 e. The van der Waals surface area contributed by atoms with E-state index in [4.69, 9.17) is 9.26 Å². The molecule has 1 aliphatic rings. The van der Waals surface area contributed by atoms with Gasteiger partial charge in [0.1, 0.15) is 4.90 Å². The molecule has 0 bridgehead atoms. The van der Waals surface area contributed by atoms with Crippen molar-refractivity contribution >= 4 is 17.7 Å². The van der Waals surface area contributed by atoms with E-state index in [-0.39, 0.29) is 17.1 Å². The number of carbonyl (C=O) groups is 1. The molecule has 6 heteroatoms. The first-order chi connectivity index (χ1) is 11.1. The molecule has 1 amide bonds. The van der Waals surface area contributed by atoms with Gasteiger partial charge in [-0.3, -0.25) is 4.79 Å². The molecule has 130 valence electrons. The number of thioether (sulfide) groups is 1. The molecule has 5 nitrogen and oxygen atoms in total. The number of carbonyl (C=O) groups excluding carboxylic acids is 1. The van der Waals surface area contributed by atoms with Crippen molar-refractivity contribution in [1.29, 1.82) is 0 Å². The summed E-state index contributed by atoms with van der Waals surface area (Å²) in [5, 5.41) is 6.58. The van der Waals surface area contributed by atoms with Crippen molar-refractivity contribution < 1.29 is 14.1 Å². The van der Waals surface area contributed by atoms with Crippen LogP contribution >= 0.6 is 11.8 Å². The van der Waals surface area contributed by atoms with Crippen molar-refractivity contribution in [3.63, 3.8) is 0 Å². The molecule has 23 heavy (non-hydrogen) atoms. The van der Waals surface area contributed by atoms with Crippen LogP contribution in [0.1, 0.15) is 69.3 Å². The summed E-state index contributed by atoms with van der Waals surface area (Å²) in [6.45, 7) is 5.06. The van der Waals surface area contributed by atoms with Gasteiger partial charge in [0.05, 0.1) is 6.61 Å². The van der Waals surface area contributed by atoms with E-state index in [0.29, 0.717) is 12.5 Å². The van der Waals surface area contributed by atoms with Gasteiger partial charge in [-0.25, -0.2) is 0 Å². The minimum atomic E-state index is -0.252. The van der Waals surface area contributed by atoms with Gasteiger partial charge < -0.3 is 14.6 Å². The average Bonchev–Trinajstić information content (AvgIpc) is 2.93. The Bertz CT molecular complexity index is 512. The van der Waals surface area contributed by atoms with Crippen LogP contribution in [0.2, 0.25) is 0 Å². The molecule has 0 aliphatic heterocycles. The molecule has 1 aromatic rings. The highest BCUT2D eigenvalue weighted by molar-refractivity contribution is 7.99. The van der Waals surface area contributed by atoms with Crippen LogP contribution in [0, 0.1) is 5.41 Å². The highest BCUT2D eigenvalue weighted by atomic mass is 32.2. The number of rotatable bonds is 10. The standard InChI is InChI=1S/C17H28N2O3S/c1-4-5-6-7-11-23-14-13(15(20)18-3)22-19-16(14)21-12-17(2)9-8-10-17/h4-12H2,1-3H3,(H,18,20). The Morgan fingerprint density at radius 1 is 1.39 bits per heavy atom. The highest BCUT2D eigenvalue weighted by Gasteiger charge is 2.33. The molecule has 1 aliphatic carbocycles. The maximum Gasteiger partial charge on any atom is 0.290 e. The van der Waals surface area contributed by atoms with Crippen molar-refractivity contribution in [2.75, 3.05) is 19.4 Å². The first-order valence-electron chi connectivity index (χ1n) is 8.57. The maximum absolute atomic E-state index is 11.9. The molecular formula is C17H28N2O3S. The third kappa shape index (κ3) is 4.90. The second-order valence-corrected chi connectivity index (χ2v) is 7.69. The Morgan fingerprint density at radius 3 is 2.78 bits per heavy atom. The summed E-state index contributed by atoms with van der Waals surface area (Å²) in [5.74, 6) is 1.43. The Kier molecular flexibility index (Phi) is 6.81. The minimum absolute atomic E-state index is 0.245. The van der Waals surface area contributed by atoms with E-state index in [1.54, 1.807) is 18.8 Å². The van der Waals surface area contributed by atoms with E-state index >= 15 is 0 Å². The van der Waals surface area contributed by atoms with Crippen LogP contribution in [0.25, 0.3) is 0 Å². The topological polar surface area (TPSA) is 64.4 Å². The normalized spacial score (nSPS) is 16.0. The summed E-state index contributed by atoms with van der Waals surface area (Å²) in [4.78, 5) is 12.7. The van der Waals surface area contributed by atoms with Crippen LogP contribution in [0.15, 0.2) is 9.42 Å². The lowest BCUT2D eigenvalue weighted by atomic mass is 9.71. The summed E-state index contributed by atoms with van der Waals surface area (Å²) in [7, 11) is 1.59. The van der Waals surface area contributed by atoms with Gasteiger partial charge in [0.15, 0.2) is 0 Å². The summed E-state index contributed by atoms with van der Waals surface area (Å²) in [6, 6.07) is 0. The first-order valence-corrected chi connectivity index (χ1v) is 9.55. The van der Waals surface area contributed by atoms with Gasteiger partial charge in [0.2, 0.25) is 5.76 Å². The first kappa shape index (κ1) is 18.2. The molecule has 1 aromatic heterocycles. The van der Waals surface area contributed by atoms with Gasteiger partial charge in [0.25, 0.3) is 11.8 Å². The van der Waals surface area contributed by atoms with Crippen LogP contribution in [0.5, 0.6) is 5.88 Å². The summed E-state index contributed by atoms with van der Waals surface area (Å²) >= 11 is 1.61. The third-order valence-electron chi connectivity index (χ3n) is 4.42. The number of hydrogen-bond donors (Lipinski definition) is 1. The molecule has 0 saturated heterocycles. The fraction of sp³-hybridized carbons (Fsp3) is 0.765. The van der Waals surface area contributed by atoms with Gasteiger partial charge >= 0.3 is 0 Å². The summed E-state index contributed by atoms with van der Waals surface area (Å²) in [6.07, 6.45) is 8.43. The Labute approximate surface area is 142 Å². The van der Waals surface area contributed by atoms with Crippen LogP contribution < -0.4 is 10.1 Å². The zero-order valence-corrected chi connectivity index (χ0v) is 15.3. The lowest BCUT2D eigenvalue weighted by Crippen LogP contribution is -2.32. The molecular weight excluding hydrogens is 312 g/mol. The van der Waals surface area contributed by atoms with Crippen molar-refractivity contribution in [3.05, 3.63) is 5.76 Å². The number of aromatic nitrogens is 1. The fourth-order valence-corrected chi connectivity index (χ4v) is 3.65. The van der Waals surface area contributed by atoms with E-state index in [0.717, 1.165) is 17.1 Å². The predicted octanol–water partition coefficient (Wildman–Crippen LogP) is 4.28. The molecule has 0 radical (unpaired) electrons. The molecule has 0 spiro atoms. The van der Waals surface area contributed by atoms with Crippen LogP contribution in [0.3, 0.4) is 0 Å². The Morgan fingerprint density at radius 2 is 2.17 bits per heavy atom. The second-order valence-electron chi connectivity index (χ2n) is 6.59. The van der Waals surface area contributed by atoms with E-state index in [1.807, 2.05) is 0 Å². The molecule has 0 unspecified atom stereocenters. The van der Waals surface area contributed by atoms with Crippen molar-refractivity contribution in [3.8, 4) is 5.88 Å². The zero-order valence-electron chi connectivity index (χ0n) is 14.4. The fourth-order valence-electron chi connectivity index (χ4n) is 2.61.